The SMILES string of the molecule is COc1cnc(C(=O)NCc2cccc(CC(=O)NCCCCCCC(=O)NC(C(=O)N3CC(O)CC3C(=O)NCc3ccc(-c4scnc4C)cc3)C(C)(C)C)c2)cc1C=CC1CCC(C(F)(F)F)CC1. The number of aliphatic hydroxyl groups excluding tert-OH is 1. The number of rotatable bonds is 21. The van der Waals surface area contributed by atoms with E-state index in [0.717, 1.165) is 45.7 Å². The Balaban J connectivity index is 0.876. The Morgan fingerprint density at radius 3 is 2.26 bits per heavy atom. The number of pyridine rings is 1. The van der Waals surface area contributed by atoms with Crippen molar-refractivity contribution in [1.82, 2.24) is 36.1 Å². The lowest BCUT2D eigenvalue weighted by molar-refractivity contribution is -0.183. The molecule has 3 heterocycles. The molecule has 2 aromatic heterocycles. The molecular formula is C54H68F3N7O7S. The Bertz CT molecular complexity index is 2520. The van der Waals surface area contributed by atoms with Crippen LogP contribution in [0.2, 0.25) is 0 Å². The summed E-state index contributed by atoms with van der Waals surface area (Å²) >= 11 is 1.57. The molecule has 3 atom stereocenters. The minimum Gasteiger partial charge on any atom is -0.495 e. The van der Waals surface area contributed by atoms with Crippen LogP contribution in [0.25, 0.3) is 16.5 Å². The maximum atomic E-state index is 14.0. The molecule has 0 bridgehead atoms. The third-order valence-electron chi connectivity index (χ3n) is 13.3. The number of carbonyl (C=O) groups excluding carboxylic acids is 5. The molecular weight excluding hydrogens is 948 g/mol. The molecule has 3 unspecified atom stereocenters. The number of halogens is 3. The topological polar surface area (TPSA) is 192 Å². The van der Waals surface area contributed by atoms with Crippen molar-refractivity contribution >= 4 is 46.9 Å². The molecule has 6 rings (SSSR count). The number of allylic oxidation sites excluding steroid dienone is 1. The second kappa shape index (κ2) is 25.5. The standard InChI is InChI=1S/C54H68F3N7O7S/c1-34-48(72-33-62-34)39-19-15-36(16-20-39)29-61-51(69)44-28-42(65)32-64(44)52(70)49(53(2,3)4)63-46(66)13-8-6-7-9-24-58-47(67)26-37-11-10-12-38(25-37)30-60-50(68)43-27-40(45(71-5)31-59-43)21-14-35-17-22-41(23-18-35)54(55,56)57/h10-12,14-16,19-21,25,27,31,33,35,41-42,44,49,65H,6-9,13,17-18,22-24,26,28-30,32H2,1-5H3,(H,58,67)(H,60,68)(H,61,69)(H,63,66). The molecule has 1 saturated heterocycles. The number of likely N-dealkylation sites (tertiary alicyclic amines) is 1. The molecule has 72 heavy (non-hydrogen) atoms. The quantitative estimate of drug-likeness (QED) is 0.0512. The number of aryl methyl sites for hydroxylation is 1. The number of β-amino-alcohol motifs (C(OH)–C–C–N with tert-alkyl or cyclic N) is 1. The van der Waals surface area contributed by atoms with Gasteiger partial charge in [-0.15, -0.1) is 11.3 Å². The van der Waals surface area contributed by atoms with E-state index in [1.54, 1.807) is 29.0 Å². The molecule has 14 nitrogen and oxygen atoms in total. The maximum Gasteiger partial charge on any atom is 0.391 e. The number of unbranched alkanes of at least 4 members (excludes halogenated alkanes) is 3. The van der Waals surface area contributed by atoms with E-state index in [9.17, 15) is 42.3 Å². The number of aliphatic hydroxyl groups is 1. The fourth-order valence-electron chi connectivity index (χ4n) is 9.14. The predicted octanol–water partition coefficient (Wildman–Crippen LogP) is 8.25. The summed E-state index contributed by atoms with van der Waals surface area (Å²) in [6, 6.07) is 15.0. The third kappa shape index (κ3) is 15.9. The van der Waals surface area contributed by atoms with E-state index in [2.05, 4.69) is 31.2 Å². The maximum absolute atomic E-state index is 14.0. The minimum atomic E-state index is -4.17. The average molecular weight is 1020 g/mol. The number of alkyl halides is 3. The van der Waals surface area contributed by atoms with Crippen molar-refractivity contribution in [2.24, 2.45) is 17.3 Å². The van der Waals surface area contributed by atoms with Gasteiger partial charge in [0, 0.05) is 44.6 Å². The van der Waals surface area contributed by atoms with Gasteiger partial charge in [0.15, 0.2) is 0 Å². The van der Waals surface area contributed by atoms with Gasteiger partial charge in [-0.2, -0.15) is 13.2 Å². The highest BCUT2D eigenvalue weighted by Gasteiger charge is 2.45. The van der Waals surface area contributed by atoms with E-state index in [0.29, 0.717) is 43.5 Å². The highest BCUT2D eigenvalue weighted by molar-refractivity contribution is 7.13. The molecule has 2 aliphatic rings. The fraction of sp³-hybridized carbons (Fsp3) is 0.500. The number of thiazole rings is 1. The van der Waals surface area contributed by atoms with Gasteiger partial charge in [0.2, 0.25) is 23.6 Å². The van der Waals surface area contributed by atoms with Gasteiger partial charge in [-0.1, -0.05) is 94.3 Å². The Kier molecular flexibility index (Phi) is 19.5. The van der Waals surface area contributed by atoms with Gasteiger partial charge in [-0.25, -0.2) is 9.97 Å². The molecule has 1 saturated carbocycles. The van der Waals surface area contributed by atoms with Gasteiger partial charge in [0.1, 0.15) is 23.5 Å². The van der Waals surface area contributed by atoms with Crippen molar-refractivity contribution in [2.45, 2.75) is 136 Å². The number of hydrogen-bond acceptors (Lipinski definition) is 10. The van der Waals surface area contributed by atoms with Crippen molar-refractivity contribution in [3.05, 3.63) is 106 Å². The van der Waals surface area contributed by atoms with E-state index in [-0.39, 0.29) is 81.1 Å². The molecule has 5 N–H and O–H groups in total. The summed E-state index contributed by atoms with van der Waals surface area (Å²) in [5.41, 5.74) is 6.34. The van der Waals surface area contributed by atoms with Crippen LogP contribution in [0.3, 0.4) is 0 Å². The van der Waals surface area contributed by atoms with Crippen LogP contribution in [0.1, 0.15) is 123 Å². The molecule has 0 spiro atoms. The summed E-state index contributed by atoms with van der Waals surface area (Å²) in [6.45, 7) is 8.40. The summed E-state index contributed by atoms with van der Waals surface area (Å²) in [4.78, 5) is 77.6. The van der Waals surface area contributed by atoms with Crippen molar-refractivity contribution in [3.63, 3.8) is 0 Å². The van der Waals surface area contributed by atoms with Gasteiger partial charge < -0.3 is 36.0 Å². The first kappa shape index (κ1) is 55.2. The molecule has 1 aliphatic heterocycles. The van der Waals surface area contributed by atoms with Crippen LogP contribution >= 0.6 is 11.3 Å². The highest BCUT2D eigenvalue weighted by atomic mass is 32.1. The van der Waals surface area contributed by atoms with E-state index in [4.69, 9.17) is 4.74 Å². The lowest BCUT2D eigenvalue weighted by atomic mass is 9.81. The van der Waals surface area contributed by atoms with Crippen LogP contribution in [0.4, 0.5) is 13.2 Å². The Labute approximate surface area is 424 Å². The predicted molar refractivity (Wildman–Crippen MR) is 270 cm³/mol. The number of aromatic nitrogens is 2. The molecule has 18 heteroatoms. The average Bonchev–Trinajstić information content (AvgIpc) is 3.97. The van der Waals surface area contributed by atoms with Gasteiger partial charge in [0.05, 0.1) is 47.8 Å². The summed E-state index contributed by atoms with van der Waals surface area (Å²) in [5.74, 6) is -2.45. The molecule has 5 amide bonds. The van der Waals surface area contributed by atoms with Crippen molar-refractivity contribution in [3.8, 4) is 16.2 Å². The Morgan fingerprint density at radius 2 is 1.58 bits per heavy atom. The molecule has 4 aromatic rings. The summed E-state index contributed by atoms with van der Waals surface area (Å²) < 4.78 is 44.8. The zero-order valence-corrected chi connectivity index (χ0v) is 42.6. The third-order valence-corrected chi connectivity index (χ3v) is 14.3. The van der Waals surface area contributed by atoms with E-state index in [1.807, 2.05) is 82.3 Å². The number of amides is 5. The van der Waals surface area contributed by atoms with E-state index < -0.39 is 47.5 Å². The Morgan fingerprint density at radius 1 is 0.875 bits per heavy atom. The van der Waals surface area contributed by atoms with Crippen LogP contribution in [0.15, 0.2) is 72.4 Å². The summed E-state index contributed by atoms with van der Waals surface area (Å²) in [7, 11) is 1.48. The lowest BCUT2D eigenvalue weighted by Crippen LogP contribution is -2.57. The van der Waals surface area contributed by atoms with Crippen molar-refractivity contribution in [2.75, 3.05) is 20.2 Å². The van der Waals surface area contributed by atoms with Crippen molar-refractivity contribution < 1.29 is 47.0 Å². The first-order valence-electron chi connectivity index (χ1n) is 24.8. The number of ether oxygens (including phenoxy) is 1. The van der Waals surface area contributed by atoms with Gasteiger partial charge in [-0.3, -0.25) is 24.0 Å². The molecule has 2 fully saturated rings. The summed E-state index contributed by atoms with van der Waals surface area (Å²) in [5, 5.41) is 22.2. The minimum absolute atomic E-state index is 0.000672. The zero-order valence-electron chi connectivity index (χ0n) is 41.8. The number of nitrogens with one attached hydrogen (secondary N) is 4. The van der Waals surface area contributed by atoms with Crippen LogP contribution in [0, 0.1) is 24.2 Å². The number of nitrogens with zero attached hydrogens (tertiary/aromatic N) is 3. The first-order chi connectivity index (χ1) is 34.3. The van der Waals surface area contributed by atoms with Gasteiger partial charge >= 0.3 is 6.18 Å². The number of benzene rings is 2. The molecule has 2 aromatic carbocycles. The van der Waals surface area contributed by atoms with E-state index >= 15 is 0 Å². The molecule has 388 valence electrons. The van der Waals surface area contributed by atoms with Crippen LogP contribution in [-0.2, 0) is 38.7 Å². The number of methoxy groups -OCH3 is 1. The lowest BCUT2D eigenvalue weighted by Gasteiger charge is -2.35. The normalized spacial score (nSPS) is 18.7. The largest absolute Gasteiger partial charge is 0.495 e. The molecule has 0 radical (unpaired) electrons. The second-order valence-electron chi connectivity index (χ2n) is 20.0. The summed E-state index contributed by atoms with van der Waals surface area (Å²) in [6.07, 6.45) is 4.37. The monoisotopic (exact) mass is 1020 g/mol. The van der Waals surface area contributed by atoms with Crippen LogP contribution in [-0.4, -0.2) is 94.1 Å². The van der Waals surface area contributed by atoms with Crippen LogP contribution < -0.4 is 26.0 Å². The zero-order chi connectivity index (χ0) is 52.0. The highest BCUT2D eigenvalue weighted by Crippen LogP contribution is 2.40. The van der Waals surface area contributed by atoms with Crippen molar-refractivity contribution in [1.29, 1.82) is 0 Å². The van der Waals surface area contributed by atoms with Gasteiger partial charge in [0.25, 0.3) is 5.91 Å². The fourth-order valence-corrected chi connectivity index (χ4v) is 9.95. The smallest absolute Gasteiger partial charge is 0.391 e. The van der Waals surface area contributed by atoms with Gasteiger partial charge in [-0.05, 0) is 85.1 Å². The number of hydrogen-bond donors (Lipinski definition) is 5. The number of carbonyl (C=O) groups is 5. The second-order valence-corrected chi connectivity index (χ2v) is 20.8. The Hall–Kier alpha value is -6.14. The first-order valence-corrected chi connectivity index (χ1v) is 25.6. The van der Waals surface area contributed by atoms with E-state index in [1.165, 1.54) is 18.2 Å². The van der Waals surface area contributed by atoms with Crippen LogP contribution in [0.5, 0.6) is 5.75 Å². The molecule has 1 aliphatic carbocycles.